The van der Waals surface area contributed by atoms with Crippen molar-refractivity contribution >= 4 is 7.12 Å². The smallest absolute Gasteiger partial charge is 0.400 e. The molecule has 2 rings (SSSR count). The summed E-state index contributed by atoms with van der Waals surface area (Å²) in [6, 6.07) is 0. The van der Waals surface area contributed by atoms with Crippen molar-refractivity contribution in [1.29, 1.82) is 0 Å². The molecular weight excluding hydrogens is 239 g/mol. The zero-order valence-corrected chi connectivity index (χ0v) is 13.2. The molecular formula is C15H27BO3. The average molecular weight is 266 g/mol. The summed E-state index contributed by atoms with van der Waals surface area (Å²) in [5.74, 6) is 0. The minimum absolute atomic E-state index is 0.299. The number of aliphatic hydroxyl groups is 1. The molecule has 19 heavy (non-hydrogen) atoms. The summed E-state index contributed by atoms with van der Waals surface area (Å²) in [6.07, 6.45) is 4.21. The topological polar surface area (TPSA) is 38.7 Å². The van der Waals surface area contributed by atoms with Crippen LogP contribution in [0.4, 0.5) is 0 Å². The molecule has 0 bridgehead atoms. The second-order valence-electron chi connectivity index (χ2n) is 7.36. The van der Waals surface area contributed by atoms with Crippen LogP contribution in [0.3, 0.4) is 0 Å². The molecule has 1 heterocycles. The van der Waals surface area contributed by atoms with Gasteiger partial charge in [0.15, 0.2) is 0 Å². The Bertz CT molecular complexity index is 375. The Kier molecular flexibility index (Phi) is 3.66. The Morgan fingerprint density at radius 3 is 1.95 bits per heavy atom. The highest BCUT2D eigenvalue weighted by atomic mass is 16.7. The lowest BCUT2D eigenvalue weighted by molar-refractivity contribution is 0.00578. The highest BCUT2D eigenvalue weighted by molar-refractivity contribution is 6.54. The van der Waals surface area contributed by atoms with Gasteiger partial charge in [-0.15, -0.1) is 0 Å². The van der Waals surface area contributed by atoms with Crippen molar-refractivity contribution in [3.8, 4) is 0 Å². The molecule has 1 aliphatic carbocycles. The summed E-state index contributed by atoms with van der Waals surface area (Å²) < 4.78 is 12.3. The fourth-order valence-electron chi connectivity index (χ4n) is 2.87. The molecule has 3 nitrogen and oxygen atoms in total. The Balaban J connectivity index is 2.33. The van der Waals surface area contributed by atoms with Gasteiger partial charge in [-0.05, 0) is 78.3 Å². The van der Waals surface area contributed by atoms with Crippen LogP contribution in [0, 0.1) is 0 Å². The molecule has 0 aromatic rings. The molecule has 1 fully saturated rings. The summed E-state index contributed by atoms with van der Waals surface area (Å²) in [4.78, 5) is 0. The lowest BCUT2D eigenvalue weighted by Gasteiger charge is -2.32. The van der Waals surface area contributed by atoms with E-state index in [1.165, 1.54) is 0 Å². The summed E-state index contributed by atoms with van der Waals surface area (Å²) in [6.45, 7) is 12.0. The third-order valence-corrected chi connectivity index (χ3v) is 4.79. The highest BCUT2D eigenvalue weighted by Gasteiger charge is 2.53. The van der Waals surface area contributed by atoms with Gasteiger partial charge in [0.05, 0.1) is 16.8 Å². The first-order valence-electron chi connectivity index (χ1n) is 7.35. The number of allylic oxidation sites excluding steroid dienone is 1. The van der Waals surface area contributed by atoms with Crippen molar-refractivity contribution in [3.63, 3.8) is 0 Å². The molecule has 0 radical (unpaired) electrons. The maximum Gasteiger partial charge on any atom is 0.490 e. The van der Waals surface area contributed by atoms with Gasteiger partial charge in [0.1, 0.15) is 0 Å². The van der Waals surface area contributed by atoms with Gasteiger partial charge in [-0.3, -0.25) is 0 Å². The van der Waals surface area contributed by atoms with E-state index in [4.69, 9.17) is 9.31 Å². The molecule has 0 aromatic heterocycles. The predicted molar refractivity (Wildman–Crippen MR) is 77.9 cm³/mol. The molecule has 108 valence electrons. The van der Waals surface area contributed by atoms with Crippen LogP contribution in [-0.4, -0.2) is 29.0 Å². The first kappa shape index (κ1) is 15.1. The van der Waals surface area contributed by atoms with Crippen molar-refractivity contribution < 1.29 is 14.4 Å². The Labute approximate surface area is 117 Å². The fourth-order valence-corrected chi connectivity index (χ4v) is 2.87. The average Bonchev–Trinajstić information content (AvgIpc) is 2.47. The number of rotatable bonds is 2. The van der Waals surface area contributed by atoms with Gasteiger partial charge in [-0.1, -0.05) is 0 Å². The van der Waals surface area contributed by atoms with E-state index < -0.39 is 5.60 Å². The molecule has 0 amide bonds. The van der Waals surface area contributed by atoms with Crippen LogP contribution in [0.5, 0.6) is 0 Å². The lowest BCUT2D eigenvalue weighted by atomic mass is 9.66. The zero-order valence-electron chi connectivity index (χ0n) is 13.2. The molecule has 1 aliphatic heterocycles. The minimum atomic E-state index is -0.778. The molecule has 0 saturated carbocycles. The first-order chi connectivity index (χ1) is 8.55. The summed E-state index contributed by atoms with van der Waals surface area (Å²) in [7, 11) is -0.299. The van der Waals surface area contributed by atoms with Gasteiger partial charge >= 0.3 is 7.12 Å². The van der Waals surface area contributed by atoms with Crippen LogP contribution in [0.25, 0.3) is 0 Å². The molecule has 1 N–H and O–H groups in total. The van der Waals surface area contributed by atoms with Crippen LogP contribution in [0.1, 0.15) is 67.2 Å². The molecule has 1 saturated heterocycles. The van der Waals surface area contributed by atoms with Crippen molar-refractivity contribution in [2.24, 2.45) is 0 Å². The maximum absolute atomic E-state index is 10.4. The largest absolute Gasteiger partial charge is 0.490 e. The SMILES string of the molecule is CC(C)(O)C1=C(B2OC(C)(C)C(C)(C)O2)CCCC1. The lowest BCUT2D eigenvalue weighted by Crippen LogP contribution is -2.41. The van der Waals surface area contributed by atoms with Gasteiger partial charge in [-0.25, -0.2) is 0 Å². The van der Waals surface area contributed by atoms with E-state index in [1.54, 1.807) is 0 Å². The van der Waals surface area contributed by atoms with E-state index in [2.05, 4.69) is 27.7 Å². The fraction of sp³-hybridized carbons (Fsp3) is 0.867. The van der Waals surface area contributed by atoms with E-state index in [0.717, 1.165) is 36.7 Å². The Hall–Kier alpha value is -0.315. The van der Waals surface area contributed by atoms with Crippen LogP contribution in [-0.2, 0) is 9.31 Å². The Morgan fingerprint density at radius 1 is 1.00 bits per heavy atom. The molecule has 0 atom stereocenters. The van der Waals surface area contributed by atoms with Crippen molar-refractivity contribution in [2.45, 2.75) is 84.0 Å². The van der Waals surface area contributed by atoms with Crippen molar-refractivity contribution in [3.05, 3.63) is 11.0 Å². The number of hydrogen-bond donors (Lipinski definition) is 1. The normalized spacial score (nSPS) is 27.0. The third-order valence-electron chi connectivity index (χ3n) is 4.79. The monoisotopic (exact) mass is 266 g/mol. The molecule has 0 aromatic carbocycles. The van der Waals surface area contributed by atoms with Crippen molar-refractivity contribution in [1.82, 2.24) is 0 Å². The second kappa shape index (κ2) is 4.61. The van der Waals surface area contributed by atoms with E-state index in [1.807, 2.05) is 13.8 Å². The van der Waals surface area contributed by atoms with Gasteiger partial charge in [0.25, 0.3) is 0 Å². The van der Waals surface area contributed by atoms with Gasteiger partial charge in [-0.2, -0.15) is 0 Å². The van der Waals surface area contributed by atoms with E-state index in [0.29, 0.717) is 0 Å². The summed E-state index contributed by atoms with van der Waals surface area (Å²) in [5, 5.41) is 10.4. The maximum atomic E-state index is 10.4. The molecule has 0 unspecified atom stereocenters. The quantitative estimate of drug-likeness (QED) is 0.780. The molecule has 4 heteroatoms. The van der Waals surface area contributed by atoms with Gasteiger partial charge < -0.3 is 14.4 Å². The molecule has 0 spiro atoms. The third kappa shape index (κ3) is 2.76. The van der Waals surface area contributed by atoms with Gasteiger partial charge in [0, 0.05) is 0 Å². The van der Waals surface area contributed by atoms with Crippen LogP contribution in [0.15, 0.2) is 11.0 Å². The van der Waals surface area contributed by atoms with Gasteiger partial charge in [0.2, 0.25) is 0 Å². The molecule has 2 aliphatic rings. The highest BCUT2D eigenvalue weighted by Crippen LogP contribution is 2.42. The van der Waals surface area contributed by atoms with Crippen LogP contribution < -0.4 is 0 Å². The second-order valence-corrected chi connectivity index (χ2v) is 7.36. The standard InChI is InChI=1S/C15H27BO3/c1-13(2,17)11-9-7-8-10-12(11)16-18-14(3,4)15(5,6)19-16/h17H,7-10H2,1-6H3. The summed E-state index contributed by atoms with van der Waals surface area (Å²) >= 11 is 0. The number of hydrogen-bond acceptors (Lipinski definition) is 3. The van der Waals surface area contributed by atoms with Crippen LogP contribution in [0.2, 0.25) is 0 Å². The van der Waals surface area contributed by atoms with E-state index >= 15 is 0 Å². The predicted octanol–water partition coefficient (Wildman–Crippen LogP) is 3.26. The van der Waals surface area contributed by atoms with E-state index in [9.17, 15) is 5.11 Å². The van der Waals surface area contributed by atoms with Crippen LogP contribution >= 0.6 is 0 Å². The zero-order chi connectivity index (χ0) is 14.5. The first-order valence-corrected chi connectivity index (χ1v) is 7.35. The van der Waals surface area contributed by atoms with Crippen molar-refractivity contribution in [2.75, 3.05) is 0 Å². The minimum Gasteiger partial charge on any atom is -0.400 e. The summed E-state index contributed by atoms with van der Waals surface area (Å²) in [5.41, 5.74) is 0.869. The van der Waals surface area contributed by atoms with E-state index in [-0.39, 0.29) is 18.3 Å². The Morgan fingerprint density at radius 2 is 1.47 bits per heavy atom.